The van der Waals surface area contributed by atoms with E-state index in [0.717, 1.165) is 0 Å². The van der Waals surface area contributed by atoms with E-state index < -0.39 is 17.7 Å². The molecule has 0 aromatic heterocycles. The average Bonchev–Trinajstić information content (AvgIpc) is 2.59. The first kappa shape index (κ1) is 10.8. The van der Waals surface area contributed by atoms with Gasteiger partial charge in [0.2, 0.25) is 11.8 Å². The number of halogens is 1. The first-order chi connectivity index (χ1) is 7.59. The van der Waals surface area contributed by atoms with E-state index in [2.05, 4.69) is 0 Å². The second-order valence-corrected chi connectivity index (χ2v) is 3.87. The van der Waals surface area contributed by atoms with Crippen molar-refractivity contribution in [3.8, 4) is 0 Å². The lowest BCUT2D eigenvalue weighted by Gasteiger charge is -2.11. The number of nitrogens with zero attached hydrogens (tertiary/aromatic N) is 1. The summed E-state index contributed by atoms with van der Waals surface area (Å²) >= 11 is 5.67. The van der Waals surface area contributed by atoms with Crippen molar-refractivity contribution in [1.82, 2.24) is 4.90 Å². The fourth-order valence-electron chi connectivity index (χ4n) is 1.52. The van der Waals surface area contributed by atoms with E-state index >= 15 is 0 Å². The van der Waals surface area contributed by atoms with Gasteiger partial charge in [0.25, 0.3) is 5.91 Å². The summed E-state index contributed by atoms with van der Waals surface area (Å²) in [5, 5.41) is 0.496. The molecule has 16 heavy (non-hydrogen) atoms. The first-order valence-electron chi connectivity index (χ1n) is 4.75. The summed E-state index contributed by atoms with van der Waals surface area (Å²) in [7, 11) is 0. The molecule has 0 radical (unpaired) electrons. The Balaban J connectivity index is 2.28. The van der Waals surface area contributed by atoms with Gasteiger partial charge in [0.15, 0.2) is 0 Å². The van der Waals surface area contributed by atoms with E-state index in [9.17, 15) is 14.4 Å². The Kier molecular flexibility index (Phi) is 2.75. The molecule has 1 aromatic rings. The number of benzene rings is 1. The predicted molar refractivity (Wildman–Crippen MR) is 56.9 cm³/mol. The monoisotopic (exact) mass is 237 g/mol. The predicted octanol–water partition coefficient (Wildman–Crippen LogP) is 1.63. The molecule has 1 aromatic carbocycles. The van der Waals surface area contributed by atoms with Crippen LogP contribution in [0.25, 0.3) is 0 Å². The van der Waals surface area contributed by atoms with Crippen LogP contribution < -0.4 is 0 Å². The second-order valence-electron chi connectivity index (χ2n) is 3.43. The number of hydrogen-bond acceptors (Lipinski definition) is 3. The normalized spacial score (nSPS) is 15.7. The summed E-state index contributed by atoms with van der Waals surface area (Å²) in [5.41, 5.74) is 0.285. The van der Waals surface area contributed by atoms with Crippen LogP contribution in [0.5, 0.6) is 0 Å². The van der Waals surface area contributed by atoms with Crippen LogP contribution in [0.15, 0.2) is 24.3 Å². The zero-order chi connectivity index (χ0) is 11.7. The number of amides is 3. The van der Waals surface area contributed by atoms with Crippen molar-refractivity contribution in [3.05, 3.63) is 34.9 Å². The maximum absolute atomic E-state index is 11.8. The fourth-order valence-corrected chi connectivity index (χ4v) is 1.65. The molecule has 1 heterocycles. The van der Waals surface area contributed by atoms with Gasteiger partial charge in [-0.15, -0.1) is 0 Å². The number of rotatable bonds is 1. The molecule has 0 N–H and O–H groups in total. The van der Waals surface area contributed by atoms with E-state index in [1.165, 1.54) is 12.1 Å². The van der Waals surface area contributed by atoms with Gasteiger partial charge in [-0.2, -0.15) is 0 Å². The van der Waals surface area contributed by atoms with Gasteiger partial charge in [-0.3, -0.25) is 14.4 Å². The molecule has 3 amide bonds. The standard InChI is InChI=1S/C11H8ClNO3/c12-8-3-1-7(2-4-8)11(16)13-9(14)5-6-10(13)15/h1-4H,5-6H2. The third-order valence-electron chi connectivity index (χ3n) is 2.35. The Morgan fingerprint density at radius 2 is 1.56 bits per heavy atom. The minimum absolute atomic E-state index is 0.109. The van der Waals surface area contributed by atoms with Crippen LogP contribution in [-0.4, -0.2) is 22.6 Å². The average molecular weight is 238 g/mol. The molecule has 1 fully saturated rings. The molecule has 2 rings (SSSR count). The third kappa shape index (κ3) is 1.84. The van der Waals surface area contributed by atoms with Crippen molar-refractivity contribution >= 4 is 29.3 Å². The molecule has 0 aliphatic carbocycles. The number of carbonyl (C=O) groups is 3. The number of imide groups is 3. The van der Waals surface area contributed by atoms with Crippen molar-refractivity contribution < 1.29 is 14.4 Å². The van der Waals surface area contributed by atoms with E-state index in [1.54, 1.807) is 12.1 Å². The zero-order valence-electron chi connectivity index (χ0n) is 8.27. The maximum Gasteiger partial charge on any atom is 0.267 e. The molecular formula is C11H8ClNO3. The smallest absolute Gasteiger partial charge is 0.267 e. The number of likely N-dealkylation sites (tertiary alicyclic amines) is 1. The molecule has 82 valence electrons. The molecule has 4 nitrogen and oxygen atoms in total. The zero-order valence-corrected chi connectivity index (χ0v) is 9.03. The van der Waals surface area contributed by atoms with Crippen LogP contribution in [0.1, 0.15) is 23.2 Å². The highest BCUT2D eigenvalue weighted by molar-refractivity contribution is 6.30. The Morgan fingerprint density at radius 1 is 1.06 bits per heavy atom. The molecule has 1 aliphatic rings. The maximum atomic E-state index is 11.8. The summed E-state index contributed by atoms with van der Waals surface area (Å²) in [6.45, 7) is 0. The van der Waals surface area contributed by atoms with Crippen molar-refractivity contribution in [3.63, 3.8) is 0 Å². The van der Waals surface area contributed by atoms with Crippen molar-refractivity contribution in [2.45, 2.75) is 12.8 Å². The van der Waals surface area contributed by atoms with Gasteiger partial charge in [-0.25, -0.2) is 4.90 Å². The largest absolute Gasteiger partial charge is 0.274 e. The van der Waals surface area contributed by atoms with Crippen LogP contribution in [0.3, 0.4) is 0 Å². The Hall–Kier alpha value is -1.68. The van der Waals surface area contributed by atoms with Crippen molar-refractivity contribution in [2.75, 3.05) is 0 Å². The minimum atomic E-state index is -0.579. The summed E-state index contributed by atoms with van der Waals surface area (Å²) < 4.78 is 0. The van der Waals surface area contributed by atoms with E-state index in [0.29, 0.717) is 9.92 Å². The van der Waals surface area contributed by atoms with Crippen LogP contribution in [0.4, 0.5) is 0 Å². The van der Waals surface area contributed by atoms with E-state index in [4.69, 9.17) is 11.6 Å². The molecular weight excluding hydrogens is 230 g/mol. The highest BCUT2D eigenvalue weighted by atomic mass is 35.5. The summed E-state index contributed by atoms with van der Waals surface area (Å²) in [5.74, 6) is -1.46. The SMILES string of the molecule is O=C1CCC(=O)N1C(=O)c1ccc(Cl)cc1. The summed E-state index contributed by atoms with van der Waals surface area (Å²) in [6.07, 6.45) is 0.219. The van der Waals surface area contributed by atoms with Crippen LogP contribution >= 0.6 is 11.6 Å². The second kappa shape index (κ2) is 4.06. The molecule has 0 bridgehead atoms. The highest BCUT2D eigenvalue weighted by Gasteiger charge is 2.34. The third-order valence-corrected chi connectivity index (χ3v) is 2.60. The highest BCUT2D eigenvalue weighted by Crippen LogP contribution is 2.17. The molecule has 1 aliphatic heterocycles. The van der Waals surface area contributed by atoms with Gasteiger partial charge < -0.3 is 0 Å². The fraction of sp³-hybridized carbons (Fsp3) is 0.182. The molecule has 1 saturated heterocycles. The van der Waals surface area contributed by atoms with E-state index in [1.807, 2.05) is 0 Å². The minimum Gasteiger partial charge on any atom is -0.274 e. The van der Waals surface area contributed by atoms with Gasteiger partial charge >= 0.3 is 0 Å². The molecule has 0 atom stereocenters. The molecule has 0 unspecified atom stereocenters. The van der Waals surface area contributed by atoms with Gasteiger partial charge in [0, 0.05) is 23.4 Å². The number of carbonyl (C=O) groups excluding carboxylic acids is 3. The lowest BCUT2D eigenvalue weighted by Crippen LogP contribution is -2.35. The first-order valence-corrected chi connectivity index (χ1v) is 5.13. The topological polar surface area (TPSA) is 54.5 Å². The van der Waals surface area contributed by atoms with Crippen LogP contribution in [0, 0.1) is 0 Å². The Labute approximate surface area is 96.8 Å². The molecule has 0 saturated carbocycles. The van der Waals surface area contributed by atoms with E-state index in [-0.39, 0.29) is 18.4 Å². The van der Waals surface area contributed by atoms with Crippen molar-refractivity contribution in [2.24, 2.45) is 0 Å². The Morgan fingerprint density at radius 3 is 2.06 bits per heavy atom. The lowest BCUT2D eigenvalue weighted by molar-refractivity contribution is -0.134. The van der Waals surface area contributed by atoms with Gasteiger partial charge in [0.1, 0.15) is 0 Å². The Bertz CT molecular complexity index is 451. The van der Waals surface area contributed by atoms with Crippen LogP contribution in [0.2, 0.25) is 5.02 Å². The van der Waals surface area contributed by atoms with Crippen molar-refractivity contribution in [1.29, 1.82) is 0 Å². The molecule has 0 spiro atoms. The van der Waals surface area contributed by atoms with Gasteiger partial charge in [-0.1, -0.05) is 11.6 Å². The summed E-state index contributed by atoms with van der Waals surface area (Å²) in [4.78, 5) is 35.2. The lowest BCUT2D eigenvalue weighted by atomic mass is 10.2. The summed E-state index contributed by atoms with van der Waals surface area (Å²) in [6, 6.07) is 6.06. The van der Waals surface area contributed by atoms with Crippen LogP contribution in [-0.2, 0) is 9.59 Å². The number of hydrogen-bond donors (Lipinski definition) is 0. The van der Waals surface area contributed by atoms with Gasteiger partial charge in [-0.05, 0) is 24.3 Å². The quantitative estimate of drug-likeness (QED) is 0.698. The van der Waals surface area contributed by atoms with Gasteiger partial charge in [0.05, 0.1) is 0 Å². The molecule has 5 heteroatoms.